The summed E-state index contributed by atoms with van der Waals surface area (Å²) in [7, 11) is 1.62. The van der Waals surface area contributed by atoms with E-state index < -0.39 is 0 Å². The van der Waals surface area contributed by atoms with Crippen LogP contribution in [0.5, 0.6) is 17.2 Å². The smallest absolute Gasteiger partial charge is 0.279 e. The lowest BCUT2D eigenvalue weighted by Gasteiger charge is -2.29. The second-order valence-electron chi connectivity index (χ2n) is 7.32. The van der Waals surface area contributed by atoms with E-state index in [1.54, 1.807) is 7.11 Å². The Morgan fingerprint density at radius 2 is 1.82 bits per heavy atom. The number of piperazine rings is 1. The van der Waals surface area contributed by atoms with Crippen LogP contribution in [0.15, 0.2) is 42.5 Å². The molecule has 0 aliphatic carbocycles. The SMILES string of the molecule is COc1cccc(NC(=O)C[NH+]2CC[NH+](Cc3ccc4c(c3)OCO4)CC2)c1. The molecule has 1 amide bonds. The van der Waals surface area contributed by atoms with Gasteiger partial charge in [0.25, 0.3) is 5.91 Å². The van der Waals surface area contributed by atoms with Crippen LogP contribution in [0, 0.1) is 0 Å². The van der Waals surface area contributed by atoms with Crippen LogP contribution in [0.3, 0.4) is 0 Å². The molecule has 0 radical (unpaired) electrons. The van der Waals surface area contributed by atoms with Gasteiger partial charge in [-0.15, -0.1) is 0 Å². The van der Waals surface area contributed by atoms with Gasteiger partial charge in [-0.25, -0.2) is 0 Å². The third-order valence-electron chi connectivity index (χ3n) is 5.32. The molecule has 1 fully saturated rings. The monoisotopic (exact) mass is 385 g/mol. The maximum atomic E-state index is 12.4. The fraction of sp³-hybridized carbons (Fsp3) is 0.381. The van der Waals surface area contributed by atoms with Gasteiger partial charge in [-0.05, 0) is 30.3 Å². The van der Waals surface area contributed by atoms with Crippen molar-refractivity contribution in [3.63, 3.8) is 0 Å². The molecular weight excluding hydrogens is 358 g/mol. The number of ether oxygens (including phenoxy) is 3. The number of benzene rings is 2. The molecule has 0 spiro atoms. The van der Waals surface area contributed by atoms with Crippen molar-refractivity contribution in [2.24, 2.45) is 0 Å². The number of fused-ring (bicyclic) bond motifs is 1. The Hall–Kier alpha value is -2.77. The van der Waals surface area contributed by atoms with Crippen molar-refractivity contribution in [3.8, 4) is 17.2 Å². The molecule has 2 aromatic rings. The number of anilines is 1. The van der Waals surface area contributed by atoms with Crippen LogP contribution in [0.1, 0.15) is 5.56 Å². The lowest BCUT2D eigenvalue weighted by atomic mass is 10.1. The molecule has 0 unspecified atom stereocenters. The summed E-state index contributed by atoms with van der Waals surface area (Å²) in [5.41, 5.74) is 2.04. The maximum absolute atomic E-state index is 12.4. The van der Waals surface area contributed by atoms with E-state index in [4.69, 9.17) is 14.2 Å². The zero-order valence-corrected chi connectivity index (χ0v) is 16.1. The Morgan fingerprint density at radius 3 is 2.64 bits per heavy atom. The summed E-state index contributed by atoms with van der Waals surface area (Å²) in [6, 6.07) is 13.6. The van der Waals surface area contributed by atoms with E-state index in [9.17, 15) is 4.79 Å². The summed E-state index contributed by atoms with van der Waals surface area (Å²) < 4.78 is 16.0. The minimum atomic E-state index is 0.0440. The summed E-state index contributed by atoms with van der Waals surface area (Å²) in [5, 5.41) is 2.97. The summed E-state index contributed by atoms with van der Waals surface area (Å²) in [6.07, 6.45) is 0. The Labute approximate surface area is 164 Å². The lowest BCUT2D eigenvalue weighted by molar-refractivity contribution is -1.02. The third kappa shape index (κ3) is 4.55. The maximum Gasteiger partial charge on any atom is 0.279 e. The molecule has 1 saturated heterocycles. The van der Waals surface area contributed by atoms with Gasteiger partial charge in [0.2, 0.25) is 6.79 Å². The number of carbonyl (C=O) groups is 1. The molecule has 2 aliphatic rings. The topological polar surface area (TPSA) is 65.7 Å². The van der Waals surface area contributed by atoms with Gasteiger partial charge in [-0.1, -0.05) is 6.07 Å². The lowest BCUT2D eigenvalue weighted by Crippen LogP contribution is -3.28. The second kappa shape index (κ2) is 8.50. The van der Waals surface area contributed by atoms with Gasteiger partial charge in [-0.3, -0.25) is 4.79 Å². The number of amides is 1. The number of methoxy groups -OCH3 is 1. The van der Waals surface area contributed by atoms with Crippen molar-refractivity contribution in [2.75, 3.05) is 51.9 Å². The van der Waals surface area contributed by atoms with Gasteiger partial charge in [0, 0.05) is 17.3 Å². The number of carbonyl (C=O) groups excluding carboxylic acids is 1. The minimum Gasteiger partial charge on any atom is -0.497 e. The summed E-state index contributed by atoms with van der Waals surface area (Å²) in [5.74, 6) is 2.46. The number of rotatable bonds is 6. The van der Waals surface area contributed by atoms with Gasteiger partial charge in [0.1, 0.15) is 38.5 Å². The van der Waals surface area contributed by atoms with Gasteiger partial charge >= 0.3 is 0 Å². The first-order chi connectivity index (χ1) is 13.7. The van der Waals surface area contributed by atoms with E-state index in [2.05, 4.69) is 17.4 Å². The molecule has 28 heavy (non-hydrogen) atoms. The van der Waals surface area contributed by atoms with Crippen LogP contribution < -0.4 is 29.3 Å². The Bertz CT molecular complexity index is 834. The summed E-state index contributed by atoms with van der Waals surface area (Å²) in [4.78, 5) is 15.2. The first-order valence-electron chi connectivity index (χ1n) is 9.69. The normalized spacial score (nSPS) is 20.6. The van der Waals surface area contributed by atoms with Gasteiger partial charge in [0.15, 0.2) is 18.0 Å². The Balaban J connectivity index is 1.23. The molecular formula is C21H27N3O4+2. The highest BCUT2D eigenvalue weighted by Gasteiger charge is 2.25. The molecule has 0 atom stereocenters. The molecule has 0 saturated carbocycles. The molecule has 7 heteroatoms. The van der Waals surface area contributed by atoms with Crippen LogP contribution in [-0.2, 0) is 11.3 Å². The molecule has 3 N–H and O–H groups in total. The van der Waals surface area contributed by atoms with E-state index >= 15 is 0 Å². The van der Waals surface area contributed by atoms with Crippen LogP contribution >= 0.6 is 0 Å². The van der Waals surface area contributed by atoms with Crippen LogP contribution in [0.4, 0.5) is 5.69 Å². The minimum absolute atomic E-state index is 0.0440. The molecule has 0 bridgehead atoms. The fourth-order valence-electron chi connectivity index (χ4n) is 3.78. The summed E-state index contributed by atoms with van der Waals surface area (Å²) >= 11 is 0. The first-order valence-corrected chi connectivity index (χ1v) is 9.69. The predicted molar refractivity (Wildman–Crippen MR) is 104 cm³/mol. The average Bonchev–Trinajstić information content (AvgIpc) is 3.17. The van der Waals surface area contributed by atoms with E-state index in [1.807, 2.05) is 30.3 Å². The molecule has 4 rings (SSSR count). The Morgan fingerprint density at radius 1 is 1.04 bits per heavy atom. The molecule has 148 valence electrons. The zero-order chi connectivity index (χ0) is 19.3. The highest BCUT2D eigenvalue weighted by atomic mass is 16.7. The first kappa shape index (κ1) is 18.6. The molecule has 2 aliphatic heterocycles. The largest absolute Gasteiger partial charge is 0.497 e. The molecule has 0 aromatic heterocycles. The molecule has 7 nitrogen and oxygen atoms in total. The average molecular weight is 385 g/mol. The van der Waals surface area contributed by atoms with Crippen LogP contribution in [0.25, 0.3) is 0 Å². The van der Waals surface area contributed by atoms with Crippen molar-refractivity contribution in [1.82, 2.24) is 0 Å². The van der Waals surface area contributed by atoms with Crippen molar-refractivity contribution < 1.29 is 28.8 Å². The zero-order valence-electron chi connectivity index (χ0n) is 16.1. The second-order valence-corrected chi connectivity index (χ2v) is 7.32. The van der Waals surface area contributed by atoms with E-state index in [0.29, 0.717) is 13.3 Å². The van der Waals surface area contributed by atoms with E-state index in [0.717, 1.165) is 55.7 Å². The summed E-state index contributed by atoms with van der Waals surface area (Å²) in [6.45, 7) is 5.86. The highest BCUT2D eigenvalue weighted by Crippen LogP contribution is 2.32. The van der Waals surface area contributed by atoms with Gasteiger partial charge in [-0.2, -0.15) is 0 Å². The fourth-order valence-corrected chi connectivity index (χ4v) is 3.78. The predicted octanol–water partition coefficient (Wildman–Crippen LogP) is -0.654. The molecule has 2 heterocycles. The highest BCUT2D eigenvalue weighted by molar-refractivity contribution is 5.91. The van der Waals surface area contributed by atoms with E-state index in [-0.39, 0.29) is 5.91 Å². The number of hydrogen-bond acceptors (Lipinski definition) is 4. The quantitative estimate of drug-likeness (QED) is 0.618. The van der Waals surface area contributed by atoms with Crippen molar-refractivity contribution >= 4 is 11.6 Å². The number of hydrogen-bond donors (Lipinski definition) is 3. The standard InChI is InChI=1S/C21H25N3O4/c1-26-18-4-2-3-17(12-18)22-21(25)14-24-9-7-23(8-10-24)13-16-5-6-19-20(11-16)28-15-27-19/h2-6,11-12H,7-10,13-15H2,1H3,(H,22,25)/p+2. The van der Waals surface area contributed by atoms with Gasteiger partial charge < -0.3 is 29.3 Å². The number of nitrogens with one attached hydrogen (secondary N) is 3. The van der Waals surface area contributed by atoms with Crippen molar-refractivity contribution in [1.29, 1.82) is 0 Å². The third-order valence-corrected chi connectivity index (χ3v) is 5.32. The van der Waals surface area contributed by atoms with E-state index in [1.165, 1.54) is 15.4 Å². The van der Waals surface area contributed by atoms with Crippen molar-refractivity contribution in [3.05, 3.63) is 48.0 Å². The molecule has 2 aromatic carbocycles. The van der Waals surface area contributed by atoms with Crippen molar-refractivity contribution in [2.45, 2.75) is 6.54 Å². The van der Waals surface area contributed by atoms with Crippen LogP contribution in [-0.4, -0.2) is 52.5 Å². The van der Waals surface area contributed by atoms with Crippen LogP contribution in [0.2, 0.25) is 0 Å². The Kier molecular flexibility index (Phi) is 5.64. The number of quaternary nitrogens is 2. The van der Waals surface area contributed by atoms with Gasteiger partial charge in [0.05, 0.1) is 7.11 Å².